The molecule has 0 aliphatic heterocycles. The van der Waals surface area contributed by atoms with Crippen LogP contribution in [0.25, 0.3) is 6.08 Å². The third-order valence-electron chi connectivity index (χ3n) is 2.01. The Balaban J connectivity index is 2.88. The molecule has 0 aliphatic rings. The first-order chi connectivity index (χ1) is 8.32. The van der Waals surface area contributed by atoms with Gasteiger partial charge in [-0.05, 0) is 6.07 Å². The molecule has 6 heteroatoms. The van der Waals surface area contributed by atoms with Crippen LogP contribution in [0.5, 0.6) is 0 Å². The smallest absolute Gasteiger partial charge is 0.288 e. The maximum Gasteiger partial charge on any atom is 0.419 e. The van der Waals surface area contributed by atoms with Crippen molar-refractivity contribution in [1.82, 2.24) is 0 Å². The molecule has 18 heavy (non-hydrogen) atoms. The SMILES string of the molecule is CC(=O)SCC=Cc1cccc(C(F)(F)F)c1F. The molecule has 0 atom stereocenters. The lowest BCUT2D eigenvalue weighted by atomic mass is 10.1. The maximum atomic E-state index is 13.5. The van der Waals surface area contributed by atoms with Crippen LogP contribution in [-0.2, 0) is 11.0 Å². The Morgan fingerprint density at radius 2 is 2.06 bits per heavy atom. The number of hydrogen-bond donors (Lipinski definition) is 0. The molecule has 0 unspecified atom stereocenters. The fourth-order valence-electron chi connectivity index (χ4n) is 1.24. The zero-order chi connectivity index (χ0) is 13.8. The molecule has 1 aromatic rings. The van der Waals surface area contributed by atoms with Gasteiger partial charge in [-0.2, -0.15) is 13.2 Å². The highest BCUT2D eigenvalue weighted by Crippen LogP contribution is 2.32. The van der Waals surface area contributed by atoms with Crippen molar-refractivity contribution >= 4 is 23.0 Å². The number of benzene rings is 1. The Labute approximate surface area is 106 Å². The second-order valence-corrected chi connectivity index (χ2v) is 4.61. The zero-order valence-electron chi connectivity index (χ0n) is 9.42. The van der Waals surface area contributed by atoms with Gasteiger partial charge in [0, 0.05) is 18.2 Å². The number of halogens is 4. The number of hydrogen-bond acceptors (Lipinski definition) is 2. The monoisotopic (exact) mass is 278 g/mol. The van der Waals surface area contributed by atoms with Crippen molar-refractivity contribution in [2.24, 2.45) is 0 Å². The fourth-order valence-corrected chi connectivity index (χ4v) is 1.67. The molecule has 0 spiro atoms. The first-order valence-electron chi connectivity index (χ1n) is 4.98. The van der Waals surface area contributed by atoms with Gasteiger partial charge in [-0.3, -0.25) is 4.79 Å². The second kappa shape index (κ2) is 6.04. The molecule has 0 N–H and O–H groups in total. The lowest BCUT2D eigenvalue weighted by Crippen LogP contribution is -2.08. The summed E-state index contributed by atoms with van der Waals surface area (Å²) >= 11 is 0.996. The summed E-state index contributed by atoms with van der Waals surface area (Å²) in [6.45, 7) is 1.38. The van der Waals surface area contributed by atoms with E-state index in [0.717, 1.165) is 17.8 Å². The van der Waals surface area contributed by atoms with Crippen LogP contribution < -0.4 is 0 Å². The molecule has 0 saturated carbocycles. The zero-order valence-corrected chi connectivity index (χ0v) is 10.2. The van der Waals surface area contributed by atoms with Crippen LogP contribution in [0.4, 0.5) is 17.6 Å². The lowest BCUT2D eigenvalue weighted by Gasteiger charge is -2.09. The number of carbonyl (C=O) groups is 1. The molecule has 0 bridgehead atoms. The van der Waals surface area contributed by atoms with Crippen molar-refractivity contribution in [2.75, 3.05) is 5.75 Å². The normalized spacial score (nSPS) is 12.1. The molecule has 1 aromatic carbocycles. The first kappa shape index (κ1) is 14.8. The molecule has 0 aliphatic carbocycles. The van der Waals surface area contributed by atoms with E-state index < -0.39 is 17.6 Å². The van der Waals surface area contributed by atoms with E-state index in [1.54, 1.807) is 0 Å². The van der Waals surface area contributed by atoms with Crippen LogP contribution in [-0.4, -0.2) is 10.9 Å². The minimum absolute atomic E-state index is 0.107. The summed E-state index contributed by atoms with van der Waals surface area (Å²) in [4.78, 5) is 10.6. The van der Waals surface area contributed by atoms with Gasteiger partial charge in [-0.15, -0.1) is 0 Å². The standard InChI is InChI=1S/C12H10F4OS/c1-8(17)18-7-3-5-9-4-2-6-10(11(9)13)12(14,15)16/h2-6H,7H2,1H3. The van der Waals surface area contributed by atoms with E-state index in [0.29, 0.717) is 11.8 Å². The number of carbonyl (C=O) groups excluding carboxylic acids is 1. The number of rotatable bonds is 3. The van der Waals surface area contributed by atoms with Crippen molar-refractivity contribution in [1.29, 1.82) is 0 Å². The molecule has 0 radical (unpaired) electrons. The van der Waals surface area contributed by atoms with Gasteiger partial charge in [0.05, 0.1) is 5.56 Å². The highest BCUT2D eigenvalue weighted by molar-refractivity contribution is 8.13. The maximum absolute atomic E-state index is 13.5. The van der Waals surface area contributed by atoms with Gasteiger partial charge in [0.25, 0.3) is 0 Å². The third-order valence-corrected chi connectivity index (χ3v) is 2.78. The molecular weight excluding hydrogens is 268 g/mol. The van der Waals surface area contributed by atoms with E-state index in [1.165, 1.54) is 25.1 Å². The number of thioether (sulfide) groups is 1. The molecular formula is C12H10F4OS. The van der Waals surface area contributed by atoms with Crippen LogP contribution in [0, 0.1) is 5.82 Å². The van der Waals surface area contributed by atoms with Crippen LogP contribution in [0.3, 0.4) is 0 Å². The molecule has 0 saturated heterocycles. The topological polar surface area (TPSA) is 17.1 Å². The second-order valence-electron chi connectivity index (χ2n) is 3.41. The first-order valence-corrected chi connectivity index (χ1v) is 5.96. The van der Waals surface area contributed by atoms with Gasteiger partial charge in [-0.25, -0.2) is 4.39 Å². The van der Waals surface area contributed by atoms with Crippen molar-refractivity contribution in [3.05, 3.63) is 41.2 Å². The fraction of sp³-hybridized carbons (Fsp3) is 0.250. The Morgan fingerprint density at radius 1 is 1.39 bits per heavy atom. The van der Waals surface area contributed by atoms with E-state index in [1.807, 2.05) is 0 Å². The number of alkyl halides is 3. The average molecular weight is 278 g/mol. The molecule has 0 fully saturated rings. The Morgan fingerprint density at radius 3 is 2.61 bits per heavy atom. The summed E-state index contributed by atoms with van der Waals surface area (Å²) in [6.07, 6.45) is -2.02. The van der Waals surface area contributed by atoms with Gasteiger partial charge in [0.15, 0.2) is 5.12 Å². The van der Waals surface area contributed by atoms with Gasteiger partial charge in [-0.1, -0.05) is 36.0 Å². The van der Waals surface area contributed by atoms with Crippen LogP contribution >= 0.6 is 11.8 Å². The van der Waals surface area contributed by atoms with Crippen molar-refractivity contribution < 1.29 is 22.4 Å². The van der Waals surface area contributed by atoms with Gasteiger partial charge >= 0.3 is 6.18 Å². The predicted molar refractivity (Wildman–Crippen MR) is 63.6 cm³/mol. The largest absolute Gasteiger partial charge is 0.419 e. The molecule has 1 rings (SSSR count). The summed E-state index contributed by atoms with van der Waals surface area (Å²) in [5.74, 6) is -1.00. The third kappa shape index (κ3) is 4.18. The Bertz CT molecular complexity index is 466. The van der Waals surface area contributed by atoms with Crippen LogP contribution in [0.1, 0.15) is 18.1 Å². The van der Waals surface area contributed by atoms with Gasteiger partial charge < -0.3 is 0 Å². The Hall–Kier alpha value is -1.30. The lowest BCUT2D eigenvalue weighted by molar-refractivity contribution is -0.140. The summed E-state index contributed by atoms with van der Waals surface area (Å²) in [7, 11) is 0. The van der Waals surface area contributed by atoms with E-state index in [-0.39, 0.29) is 10.7 Å². The molecule has 98 valence electrons. The highest BCUT2D eigenvalue weighted by Gasteiger charge is 2.34. The summed E-state index contributed by atoms with van der Waals surface area (Å²) < 4.78 is 50.7. The molecule has 0 heterocycles. The molecule has 0 amide bonds. The molecule has 0 aromatic heterocycles. The van der Waals surface area contributed by atoms with E-state index >= 15 is 0 Å². The minimum Gasteiger partial charge on any atom is -0.288 e. The van der Waals surface area contributed by atoms with Crippen LogP contribution in [0.15, 0.2) is 24.3 Å². The average Bonchev–Trinajstić information content (AvgIpc) is 2.24. The van der Waals surface area contributed by atoms with Crippen molar-refractivity contribution in [3.63, 3.8) is 0 Å². The minimum atomic E-state index is -4.71. The van der Waals surface area contributed by atoms with Gasteiger partial charge in [0.2, 0.25) is 0 Å². The highest BCUT2D eigenvalue weighted by atomic mass is 32.2. The quantitative estimate of drug-likeness (QED) is 0.773. The predicted octanol–water partition coefficient (Wildman–Crippen LogP) is 4.14. The summed E-state index contributed by atoms with van der Waals surface area (Å²) in [6, 6.07) is 3.08. The van der Waals surface area contributed by atoms with E-state index in [2.05, 4.69) is 0 Å². The molecule has 1 nitrogen and oxygen atoms in total. The Kier molecular flexibility index (Phi) is 4.95. The van der Waals surface area contributed by atoms with Crippen molar-refractivity contribution in [2.45, 2.75) is 13.1 Å². The summed E-state index contributed by atoms with van der Waals surface area (Å²) in [5.41, 5.74) is -1.43. The van der Waals surface area contributed by atoms with Gasteiger partial charge in [0.1, 0.15) is 5.82 Å². The van der Waals surface area contributed by atoms with Crippen molar-refractivity contribution in [3.8, 4) is 0 Å². The summed E-state index contributed by atoms with van der Waals surface area (Å²) in [5, 5.41) is -0.107. The van der Waals surface area contributed by atoms with E-state index in [9.17, 15) is 22.4 Å². The van der Waals surface area contributed by atoms with E-state index in [4.69, 9.17) is 0 Å². The van der Waals surface area contributed by atoms with Crippen LogP contribution in [0.2, 0.25) is 0 Å².